The highest BCUT2D eigenvalue weighted by Gasteiger charge is 2.30. The van der Waals surface area contributed by atoms with Crippen LogP contribution < -0.4 is 15.0 Å². The summed E-state index contributed by atoms with van der Waals surface area (Å²) in [5, 5.41) is 2.66. The van der Waals surface area contributed by atoms with Gasteiger partial charge in [-0.15, -0.1) is 0 Å². The minimum absolute atomic E-state index is 0.189. The molecule has 2 aromatic rings. The average molecular weight is 396 g/mol. The van der Waals surface area contributed by atoms with Crippen molar-refractivity contribution in [3.05, 3.63) is 59.7 Å². The zero-order valence-electron chi connectivity index (χ0n) is 15.8. The largest absolute Gasteiger partial charge is 0.497 e. The number of hydrogen-bond donors (Lipinski definition) is 1. The summed E-state index contributed by atoms with van der Waals surface area (Å²) < 4.78 is 10.1. The molecule has 150 valence electrons. The average Bonchev–Trinajstić information content (AvgIpc) is 3.09. The first-order valence-corrected chi connectivity index (χ1v) is 9.00. The second-order valence-electron chi connectivity index (χ2n) is 6.37. The molecule has 29 heavy (non-hydrogen) atoms. The van der Waals surface area contributed by atoms with E-state index in [-0.39, 0.29) is 30.2 Å². The van der Waals surface area contributed by atoms with E-state index < -0.39 is 18.5 Å². The van der Waals surface area contributed by atoms with E-state index in [0.717, 1.165) is 16.2 Å². The van der Waals surface area contributed by atoms with Crippen LogP contribution in [0.3, 0.4) is 0 Å². The van der Waals surface area contributed by atoms with E-state index in [1.807, 2.05) is 12.1 Å². The summed E-state index contributed by atoms with van der Waals surface area (Å²) in [6.07, 6.45) is 0.378. The van der Waals surface area contributed by atoms with Crippen LogP contribution in [-0.2, 0) is 25.7 Å². The van der Waals surface area contributed by atoms with Crippen molar-refractivity contribution in [2.24, 2.45) is 0 Å². The number of anilines is 1. The van der Waals surface area contributed by atoms with Gasteiger partial charge in [0.05, 0.1) is 18.4 Å². The quantitative estimate of drug-likeness (QED) is 0.566. The Hall–Kier alpha value is -3.68. The van der Waals surface area contributed by atoms with Crippen LogP contribution in [0.25, 0.3) is 0 Å². The van der Waals surface area contributed by atoms with Crippen molar-refractivity contribution in [1.29, 1.82) is 0 Å². The van der Waals surface area contributed by atoms with Crippen molar-refractivity contribution in [3.63, 3.8) is 0 Å². The van der Waals surface area contributed by atoms with Gasteiger partial charge in [-0.1, -0.05) is 12.1 Å². The summed E-state index contributed by atoms with van der Waals surface area (Å²) in [4.78, 5) is 48.6. The third kappa shape index (κ3) is 4.98. The summed E-state index contributed by atoms with van der Waals surface area (Å²) in [7, 11) is 1.57. The first-order chi connectivity index (χ1) is 14.0. The minimum Gasteiger partial charge on any atom is -0.497 e. The highest BCUT2D eigenvalue weighted by molar-refractivity contribution is 6.19. The van der Waals surface area contributed by atoms with E-state index in [2.05, 4.69) is 5.32 Å². The van der Waals surface area contributed by atoms with Gasteiger partial charge in [0.25, 0.3) is 5.91 Å². The fourth-order valence-corrected chi connectivity index (χ4v) is 2.82. The predicted octanol–water partition coefficient (Wildman–Crippen LogP) is 1.82. The number of amides is 3. The zero-order valence-corrected chi connectivity index (χ0v) is 15.8. The maximum Gasteiger partial charge on any atom is 0.338 e. The Morgan fingerprint density at radius 1 is 0.966 bits per heavy atom. The lowest BCUT2D eigenvalue weighted by atomic mass is 10.2. The van der Waals surface area contributed by atoms with Gasteiger partial charge in [-0.25, -0.2) is 4.79 Å². The van der Waals surface area contributed by atoms with Crippen molar-refractivity contribution < 1.29 is 28.7 Å². The van der Waals surface area contributed by atoms with Crippen molar-refractivity contribution >= 4 is 29.4 Å². The van der Waals surface area contributed by atoms with Gasteiger partial charge in [0, 0.05) is 19.4 Å². The number of methoxy groups -OCH3 is 1. The SMILES string of the molecule is COc1ccc(CNC(=O)COC(=O)c2ccc(N3C(=O)CCC3=O)cc2)cc1. The number of hydrogen-bond acceptors (Lipinski definition) is 6. The monoisotopic (exact) mass is 396 g/mol. The molecule has 0 bridgehead atoms. The number of imide groups is 1. The number of ether oxygens (including phenoxy) is 2. The van der Waals surface area contributed by atoms with E-state index in [4.69, 9.17) is 9.47 Å². The first-order valence-electron chi connectivity index (χ1n) is 9.00. The summed E-state index contributed by atoms with van der Waals surface area (Å²) in [5.41, 5.74) is 1.51. The number of carbonyl (C=O) groups is 4. The summed E-state index contributed by atoms with van der Waals surface area (Å²) in [6.45, 7) is -0.118. The number of nitrogens with zero attached hydrogens (tertiary/aromatic N) is 1. The smallest absolute Gasteiger partial charge is 0.338 e. The molecule has 2 aromatic carbocycles. The van der Waals surface area contributed by atoms with Crippen LogP contribution in [-0.4, -0.2) is 37.4 Å². The Morgan fingerprint density at radius 2 is 1.59 bits per heavy atom. The molecular formula is C21H20N2O6. The van der Waals surface area contributed by atoms with E-state index in [1.54, 1.807) is 19.2 Å². The molecule has 0 aliphatic carbocycles. The van der Waals surface area contributed by atoms with E-state index in [0.29, 0.717) is 12.2 Å². The van der Waals surface area contributed by atoms with Crippen LogP contribution >= 0.6 is 0 Å². The molecule has 0 spiro atoms. The van der Waals surface area contributed by atoms with Crippen LogP contribution in [0.15, 0.2) is 48.5 Å². The number of carbonyl (C=O) groups excluding carboxylic acids is 4. The number of esters is 1. The van der Waals surface area contributed by atoms with Crippen molar-refractivity contribution in [2.45, 2.75) is 19.4 Å². The molecule has 0 radical (unpaired) electrons. The lowest BCUT2D eigenvalue weighted by molar-refractivity contribution is -0.124. The van der Waals surface area contributed by atoms with Crippen molar-refractivity contribution in [1.82, 2.24) is 5.32 Å². The summed E-state index contributed by atoms with van der Waals surface area (Å²) >= 11 is 0. The number of rotatable bonds is 7. The van der Waals surface area contributed by atoms with E-state index >= 15 is 0 Å². The minimum atomic E-state index is -0.671. The summed E-state index contributed by atoms with van der Waals surface area (Å²) in [5.74, 6) is -0.912. The fourth-order valence-electron chi connectivity index (χ4n) is 2.82. The van der Waals surface area contributed by atoms with Crippen LogP contribution in [0, 0.1) is 0 Å². The standard InChI is InChI=1S/C21H20N2O6/c1-28-17-8-2-14(3-9-17)12-22-18(24)13-29-21(27)15-4-6-16(7-5-15)23-19(25)10-11-20(23)26/h2-9H,10-13H2,1H3,(H,22,24). The van der Waals surface area contributed by atoms with Gasteiger partial charge in [-0.2, -0.15) is 0 Å². The Labute approximate surface area is 167 Å². The van der Waals surface area contributed by atoms with Crippen LogP contribution in [0.5, 0.6) is 5.75 Å². The third-order valence-electron chi connectivity index (χ3n) is 4.40. The Morgan fingerprint density at radius 3 is 2.17 bits per heavy atom. The molecule has 1 aliphatic rings. The highest BCUT2D eigenvalue weighted by Crippen LogP contribution is 2.23. The Bertz CT molecular complexity index is 905. The molecule has 1 aliphatic heterocycles. The molecular weight excluding hydrogens is 376 g/mol. The second kappa shape index (κ2) is 9.01. The molecule has 3 amide bonds. The normalized spacial score (nSPS) is 13.3. The van der Waals surface area contributed by atoms with E-state index in [9.17, 15) is 19.2 Å². The maximum atomic E-state index is 12.1. The molecule has 3 rings (SSSR count). The van der Waals surface area contributed by atoms with Gasteiger partial charge in [0.1, 0.15) is 5.75 Å². The highest BCUT2D eigenvalue weighted by atomic mass is 16.5. The molecule has 0 aromatic heterocycles. The molecule has 1 N–H and O–H groups in total. The molecule has 1 fully saturated rings. The van der Waals surface area contributed by atoms with Crippen LogP contribution in [0.1, 0.15) is 28.8 Å². The lowest BCUT2D eigenvalue weighted by Crippen LogP contribution is -2.29. The van der Waals surface area contributed by atoms with E-state index in [1.165, 1.54) is 24.3 Å². The van der Waals surface area contributed by atoms with Gasteiger partial charge in [0.15, 0.2) is 6.61 Å². The van der Waals surface area contributed by atoms with Gasteiger partial charge in [-0.05, 0) is 42.0 Å². The molecule has 1 saturated heterocycles. The third-order valence-corrected chi connectivity index (χ3v) is 4.40. The van der Waals surface area contributed by atoms with Gasteiger partial charge in [-0.3, -0.25) is 19.3 Å². The molecule has 8 nitrogen and oxygen atoms in total. The van der Waals surface area contributed by atoms with Crippen molar-refractivity contribution in [3.8, 4) is 5.75 Å². The molecule has 0 unspecified atom stereocenters. The molecule has 0 saturated carbocycles. The zero-order chi connectivity index (χ0) is 20.8. The first kappa shape index (κ1) is 20.1. The Kier molecular flexibility index (Phi) is 6.23. The number of benzene rings is 2. The van der Waals surface area contributed by atoms with Crippen molar-refractivity contribution in [2.75, 3.05) is 18.6 Å². The lowest BCUT2D eigenvalue weighted by Gasteiger charge is -2.14. The number of nitrogens with one attached hydrogen (secondary N) is 1. The molecule has 0 atom stereocenters. The Balaban J connectivity index is 1.47. The van der Waals surface area contributed by atoms with Gasteiger partial charge >= 0.3 is 5.97 Å². The van der Waals surface area contributed by atoms with Gasteiger partial charge < -0.3 is 14.8 Å². The van der Waals surface area contributed by atoms with Gasteiger partial charge in [0.2, 0.25) is 11.8 Å². The van der Waals surface area contributed by atoms with Crippen LogP contribution in [0.2, 0.25) is 0 Å². The molecule has 8 heteroatoms. The predicted molar refractivity (Wildman–Crippen MR) is 103 cm³/mol. The second-order valence-corrected chi connectivity index (χ2v) is 6.37. The summed E-state index contributed by atoms with van der Waals surface area (Å²) in [6, 6.07) is 13.1. The fraction of sp³-hybridized carbons (Fsp3) is 0.238. The topological polar surface area (TPSA) is 102 Å². The van der Waals surface area contributed by atoms with Crippen LogP contribution in [0.4, 0.5) is 5.69 Å². The maximum absolute atomic E-state index is 12.1. The molecule has 1 heterocycles.